The van der Waals surface area contributed by atoms with Crippen LogP contribution in [0.3, 0.4) is 0 Å². The number of fused-ring (bicyclic) bond motifs is 1. The minimum atomic E-state index is -0.508. The Hall–Kier alpha value is -2.06. The second-order valence-electron chi connectivity index (χ2n) is 7.08. The standard InChI is InChI=1S/C18H25FN4O3/c1-22(2)8-6-20-18(25)16-10-14-15(26-16)5-7-23(14)17(24)9-13-4-3-12(19)11-21-13/h3-4,11,14-16H,5-10H2,1-2H3,(H,20,25)/t14-,15-,16+/m1/s1. The molecule has 0 aliphatic carbocycles. The fraction of sp³-hybridized carbons (Fsp3) is 0.611. The molecule has 0 radical (unpaired) electrons. The van der Waals surface area contributed by atoms with Crippen molar-refractivity contribution in [2.45, 2.75) is 37.5 Å². The van der Waals surface area contributed by atoms with E-state index in [1.807, 2.05) is 19.0 Å². The van der Waals surface area contributed by atoms with Gasteiger partial charge in [0, 0.05) is 31.7 Å². The van der Waals surface area contributed by atoms with Gasteiger partial charge in [0.2, 0.25) is 11.8 Å². The number of amides is 2. The Morgan fingerprint density at radius 2 is 2.23 bits per heavy atom. The van der Waals surface area contributed by atoms with Gasteiger partial charge in [0.15, 0.2) is 0 Å². The van der Waals surface area contributed by atoms with Crippen molar-refractivity contribution in [3.63, 3.8) is 0 Å². The minimum Gasteiger partial charge on any atom is -0.363 e. The van der Waals surface area contributed by atoms with E-state index in [4.69, 9.17) is 4.74 Å². The molecule has 1 aromatic heterocycles. The Bertz CT molecular complexity index is 652. The van der Waals surface area contributed by atoms with Crippen LogP contribution in [0.4, 0.5) is 4.39 Å². The summed E-state index contributed by atoms with van der Waals surface area (Å²) in [6.45, 7) is 1.95. The van der Waals surface area contributed by atoms with Crippen molar-refractivity contribution in [1.29, 1.82) is 0 Å². The molecule has 1 aromatic rings. The van der Waals surface area contributed by atoms with Gasteiger partial charge in [-0.2, -0.15) is 0 Å². The van der Waals surface area contributed by atoms with Gasteiger partial charge in [0.05, 0.1) is 24.8 Å². The first-order valence-electron chi connectivity index (χ1n) is 8.92. The maximum absolute atomic E-state index is 12.9. The molecule has 0 saturated carbocycles. The summed E-state index contributed by atoms with van der Waals surface area (Å²) in [6, 6.07) is 2.75. The summed E-state index contributed by atoms with van der Waals surface area (Å²) in [6.07, 6.45) is 1.89. The van der Waals surface area contributed by atoms with E-state index >= 15 is 0 Å². The Morgan fingerprint density at radius 1 is 1.42 bits per heavy atom. The largest absolute Gasteiger partial charge is 0.363 e. The van der Waals surface area contributed by atoms with Crippen LogP contribution in [0.15, 0.2) is 18.3 Å². The molecule has 2 aliphatic rings. The maximum atomic E-state index is 12.9. The fourth-order valence-corrected chi connectivity index (χ4v) is 3.51. The van der Waals surface area contributed by atoms with Crippen molar-refractivity contribution in [1.82, 2.24) is 20.1 Å². The van der Waals surface area contributed by atoms with Crippen LogP contribution in [0, 0.1) is 5.82 Å². The van der Waals surface area contributed by atoms with Crippen LogP contribution < -0.4 is 5.32 Å². The van der Waals surface area contributed by atoms with Crippen molar-refractivity contribution in [2.75, 3.05) is 33.7 Å². The summed E-state index contributed by atoms with van der Waals surface area (Å²) in [5.41, 5.74) is 0.539. The van der Waals surface area contributed by atoms with Crippen molar-refractivity contribution in [3.8, 4) is 0 Å². The van der Waals surface area contributed by atoms with Crippen LogP contribution >= 0.6 is 0 Å². The van der Waals surface area contributed by atoms with Gasteiger partial charge in [-0.3, -0.25) is 14.6 Å². The number of pyridine rings is 1. The zero-order valence-electron chi connectivity index (χ0n) is 15.2. The summed E-state index contributed by atoms with van der Waals surface area (Å²) in [7, 11) is 3.89. The molecule has 0 aromatic carbocycles. The lowest BCUT2D eigenvalue weighted by atomic mass is 10.1. The van der Waals surface area contributed by atoms with E-state index in [1.54, 1.807) is 4.90 Å². The molecule has 2 aliphatic heterocycles. The second kappa shape index (κ2) is 8.09. The number of hydrogen-bond donors (Lipinski definition) is 1. The molecule has 7 nitrogen and oxygen atoms in total. The molecular weight excluding hydrogens is 339 g/mol. The third-order valence-electron chi connectivity index (χ3n) is 4.87. The SMILES string of the molecule is CN(C)CCNC(=O)[C@@H]1C[C@@H]2[C@@H](CCN2C(=O)Cc2ccc(F)cn2)O1. The lowest BCUT2D eigenvalue weighted by Gasteiger charge is -2.23. The van der Waals surface area contributed by atoms with Gasteiger partial charge in [-0.25, -0.2) is 4.39 Å². The Morgan fingerprint density at radius 3 is 2.92 bits per heavy atom. The van der Waals surface area contributed by atoms with E-state index in [0.717, 1.165) is 19.2 Å². The number of rotatable bonds is 6. The summed E-state index contributed by atoms with van der Waals surface area (Å²) in [5, 5.41) is 2.88. The predicted molar refractivity (Wildman–Crippen MR) is 92.9 cm³/mol. The lowest BCUT2D eigenvalue weighted by molar-refractivity contribution is -0.132. The van der Waals surface area contributed by atoms with Gasteiger partial charge < -0.3 is 19.9 Å². The molecule has 8 heteroatoms. The highest BCUT2D eigenvalue weighted by Crippen LogP contribution is 2.33. The van der Waals surface area contributed by atoms with Crippen molar-refractivity contribution in [3.05, 3.63) is 29.8 Å². The van der Waals surface area contributed by atoms with Gasteiger partial charge in [-0.1, -0.05) is 0 Å². The monoisotopic (exact) mass is 364 g/mol. The van der Waals surface area contributed by atoms with Crippen LogP contribution in [-0.4, -0.2) is 78.6 Å². The van der Waals surface area contributed by atoms with Crippen LogP contribution in [0.25, 0.3) is 0 Å². The smallest absolute Gasteiger partial charge is 0.249 e. The van der Waals surface area contributed by atoms with Gasteiger partial charge in [-0.15, -0.1) is 0 Å². The molecular formula is C18H25FN4O3. The van der Waals surface area contributed by atoms with E-state index in [9.17, 15) is 14.0 Å². The minimum absolute atomic E-state index is 0.0612. The number of hydrogen-bond acceptors (Lipinski definition) is 5. The van der Waals surface area contributed by atoms with Crippen LogP contribution in [-0.2, 0) is 20.7 Å². The van der Waals surface area contributed by atoms with Crippen molar-refractivity contribution >= 4 is 11.8 Å². The quantitative estimate of drug-likeness (QED) is 0.781. The van der Waals surface area contributed by atoms with E-state index in [0.29, 0.717) is 25.2 Å². The van der Waals surface area contributed by atoms with E-state index < -0.39 is 11.9 Å². The molecule has 2 fully saturated rings. The molecule has 3 rings (SSSR count). The summed E-state index contributed by atoms with van der Waals surface area (Å²) in [5.74, 6) is -0.600. The van der Waals surface area contributed by atoms with E-state index in [-0.39, 0.29) is 30.4 Å². The summed E-state index contributed by atoms with van der Waals surface area (Å²) < 4.78 is 18.8. The first kappa shape index (κ1) is 18.7. The molecule has 142 valence electrons. The Balaban J connectivity index is 1.53. The highest BCUT2D eigenvalue weighted by molar-refractivity contribution is 5.82. The Labute approximate surface area is 152 Å². The molecule has 0 bridgehead atoms. The molecule has 26 heavy (non-hydrogen) atoms. The van der Waals surface area contributed by atoms with Gasteiger partial charge in [0.25, 0.3) is 0 Å². The fourth-order valence-electron chi connectivity index (χ4n) is 3.51. The number of aromatic nitrogens is 1. The number of ether oxygens (including phenoxy) is 1. The average molecular weight is 364 g/mol. The number of nitrogens with zero attached hydrogens (tertiary/aromatic N) is 3. The second-order valence-corrected chi connectivity index (χ2v) is 7.08. The van der Waals surface area contributed by atoms with Gasteiger partial charge in [-0.05, 0) is 32.6 Å². The number of nitrogens with one attached hydrogen (secondary N) is 1. The predicted octanol–water partition coefficient (Wildman–Crippen LogP) is 0.199. The first-order chi connectivity index (χ1) is 12.4. The van der Waals surface area contributed by atoms with Crippen LogP contribution in [0.5, 0.6) is 0 Å². The molecule has 3 heterocycles. The lowest BCUT2D eigenvalue weighted by Crippen LogP contribution is -2.41. The zero-order valence-corrected chi connectivity index (χ0v) is 15.2. The average Bonchev–Trinajstić information content (AvgIpc) is 3.17. The maximum Gasteiger partial charge on any atom is 0.249 e. The molecule has 1 N–H and O–H groups in total. The van der Waals surface area contributed by atoms with Crippen LogP contribution in [0.1, 0.15) is 18.5 Å². The van der Waals surface area contributed by atoms with Crippen molar-refractivity contribution < 1.29 is 18.7 Å². The summed E-state index contributed by atoms with van der Waals surface area (Å²) in [4.78, 5) is 32.6. The van der Waals surface area contributed by atoms with Crippen LogP contribution in [0.2, 0.25) is 0 Å². The zero-order chi connectivity index (χ0) is 18.7. The first-order valence-corrected chi connectivity index (χ1v) is 8.92. The molecule has 2 amide bonds. The molecule has 0 unspecified atom stereocenters. The number of likely N-dealkylation sites (tertiary alicyclic amines) is 1. The third-order valence-corrected chi connectivity index (χ3v) is 4.87. The summed E-state index contributed by atoms with van der Waals surface area (Å²) >= 11 is 0. The number of carbonyl (C=O) groups excluding carboxylic acids is 2. The van der Waals surface area contributed by atoms with E-state index in [1.165, 1.54) is 12.1 Å². The molecule has 2 saturated heterocycles. The Kier molecular flexibility index (Phi) is 5.83. The highest BCUT2D eigenvalue weighted by atomic mass is 19.1. The third kappa shape index (κ3) is 4.37. The number of carbonyl (C=O) groups is 2. The normalized spacial score (nSPS) is 24.8. The van der Waals surface area contributed by atoms with Gasteiger partial charge >= 0.3 is 0 Å². The molecule has 0 spiro atoms. The van der Waals surface area contributed by atoms with E-state index in [2.05, 4.69) is 10.3 Å². The molecule has 3 atom stereocenters. The van der Waals surface area contributed by atoms with Gasteiger partial charge in [0.1, 0.15) is 11.9 Å². The topological polar surface area (TPSA) is 74.8 Å². The number of likely N-dealkylation sites (N-methyl/N-ethyl adjacent to an activating group) is 1. The highest BCUT2D eigenvalue weighted by Gasteiger charge is 2.47. The number of halogens is 1. The van der Waals surface area contributed by atoms with Crippen molar-refractivity contribution in [2.24, 2.45) is 0 Å².